The van der Waals surface area contributed by atoms with Crippen LogP contribution in [-0.4, -0.2) is 53.3 Å². The Hall–Kier alpha value is -5.13. The number of H-pyrrole nitrogens is 1. The average molecular weight is 592 g/mol. The van der Waals surface area contributed by atoms with Gasteiger partial charge in [0.25, 0.3) is 0 Å². The minimum atomic E-state index is -0.794. The molecule has 2 aliphatic heterocycles. The number of aromatic amines is 1. The third-order valence-electron chi connectivity index (χ3n) is 7.41. The Morgan fingerprint density at radius 2 is 1.65 bits per heavy atom. The summed E-state index contributed by atoms with van der Waals surface area (Å²) in [5.41, 5.74) is 1.97. The average Bonchev–Trinajstić information content (AvgIpc) is 3.56. The Kier molecular flexibility index (Phi) is 8.74. The number of aromatic hydroxyl groups is 2. The summed E-state index contributed by atoms with van der Waals surface area (Å²) >= 11 is 0. The van der Waals surface area contributed by atoms with Gasteiger partial charge in [-0.15, -0.1) is 0 Å². The number of nitrogens with one attached hydrogen (secondary N) is 3. The van der Waals surface area contributed by atoms with E-state index in [0.717, 1.165) is 11.8 Å². The molecule has 1 aromatic heterocycles. The zero-order valence-corrected chi connectivity index (χ0v) is 23.7. The van der Waals surface area contributed by atoms with Gasteiger partial charge in [0, 0.05) is 23.6 Å². The first kappa shape index (κ1) is 29.4. The number of carbonyl (C=O) groups excluding carboxylic acids is 3. The van der Waals surface area contributed by atoms with E-state index in [9.17, 15) is 24.6 Å². The molecule has 226 valence electrons. The third-order valence-corrected chi connectivity index (χ3v) is 7.41. The number of amides is 2. The molecule has 0 spiro atoms. The van der Waals surface area contributed by atoms with Crippen molar-refractivity contribution in [3.8, 4) is 34.8 Å². The number of carbonyl (C=O) groups is 3. The summed E-state index contributed by atoms with van der Waals surface area (Å²) in [6, 6.07) is 8.93. The van der Waals surface area contributed by atoms with Gasteiger partial charge >= 0.3 is 0 Å². The molecule has 12 nitrogen and oxygen atoms in total. The number of fused-ring (bicyclic) bond motifs is 2. The van der Waals surface area contributed by atoms with Crippen LogP contribution in [-0.2, 0) is 14.4 Å². The van der Waals surface area contributed by atoms with Crippen molar-refractivity contribution >= 4 is 24.2 Å². The quantitative estimate of drug-likeness (QED) is 0.165. The molecular formula is C31H33N3O9. The highest BCUT2D eigenvalue weighted by Gasteiger charge is 2.30. The SMILES string of the molecule is Cc1c(O)[nH]c(O)c1[C@@H](NC(=O)CC(NC(=O)C=Cc1ccc2c(c1)OCO2)c1ccc2c(c1)OCCO2)C(C)CC=O. The lowest BCUT2D eigenvalue weighted by molar-refractivity contribution is -0.123. The molecule has 0 radical (unpaired) electrons. The molecule has 0 fully saturated rings. The van der Waals surface area contributed by atoms with Crippen LogP contribution in [0, 0.1) is 12.8 Å². The van der Waals surface area contributed by atoms with E-state index in [1.165, 1.54) is 6.08 Å². The molecule has 2 unspecified atom stereocenters. The molecule has 0 saturated heterocycles. The van der Waals surface area contributed by atoms with Crippen LogP contribution >= 0.6 is 0 Å². The molecule has 3 atom stereocenters. The lowest BCUT2D eigenvalue weighted by atomic mass is 9.91. The second kappa shape index (κ2) is 12.8. The molecule has 0 bridgehead atoms. The van der Waals surface area contributed by atoms with Crippen molar-refractivity contribution in [1.82, 2.24) is 15.6 Å². The topological polar surface area (TPSA) is 168 Å². The summed E-state index contributed by atoms with van der Waals surface area (Å²) in [5.74, 6) is 0.433. The lowest BCUT2D eigenvalue weighted by Crippen LogP contribution is -2.37. The molecule has 12 heteroatoms. The molecule has 2 aromatic carbocycles. The molecule has 2 aliphatic rings. The summed E-state index contributed by atoms with van der Waals surface area (Å²) in [7, 11) is 0. The summed E-state index contributed by atoms with van der Waals surface area (Å²) in [6.45, 7) is 4.28. The van der Waals surface area contributed by atoms with Crippen molar-refractivity contribution in [2.75, 3.05) is 20.0 Å². The van der Waals surface area contributed by atoms with Gasteiger partial charge in [-0.2, -0.15) is 0 Å². The number of aromatic nitrogens is 1. The van der Waals surface area contributed by atoms with Crippen molar-refractivity contribution in [3.63, 3.8) is 0 Å². The Balaban J connectivity index is 1.37. The molecule has 2 amide bonds. The van der Waals surface area contributed by atoms with E-state index in [0.29, 0.717) is 47.3 Å². The van der Waals surface area contributed by atoms with E-state index >= 15 is 0 Å². The van der Waals surface area contributed by atoms with E-state index in [1.54, 1.807) is 56.3 Å². The maximum absolute atomic E-state index is 13.5. The largest absolute Gasteiger partial charge is 0.494 e. The van der Waals surface area contributed by atoms with Gasteiger partial charge in [0.2, 0.25) is 18.6 Å². The van der Waals surface area contributed by atoms with Crippen LogP contribution in [0.5, 0.6) is 34.8 Å². The van der Waals surface area contributed by atoms with Crippen molar-refractivity contribution in [2.45, 2.75) is 38.8 Å². The molecular weight excluding hydrogens is 558 g/mol. The predicted molar refractivity (Wildman–Crippen MR) is 154 cm³/mol. The number of rotatable bonds is 11. The fourth-order valence-electron chi connectivity index (χ4n) is 5.10. The van der Waals surface area contributed by atoms with E-state index in [4.69, 9.17) is 18.9 Å². The van der Waals surface area contributed by atoms with Crippen LogP contribution in [0.4, 0.5) is 0 Å². The van der Waals surface area contributed by atoms with Crippen molar-refractivity contribution in [3.05, 3.63) is 64.7 Å². The minimum absolute atomic E-state index is 0.0999. The van der Waals surface area contributed by atoms with Gasteiger partial charge in [0.1, 0.15) is 19.5 Å². The first-order valence-electron chi connectivity index (χ1n) is 13.8. The molecule has 0 saturated carbocycles. The predicted octanol–water partition coefficient (Wildman–Crippen LogP) is 3.58. The van der Waals surface area contributed by atoms with Crippen LogP contribution in [0.25, 0.3) is 6.08 Å². The molecule has 43 heavy (non-hydrogen) atoms. The first-order chi connectivity index (χ1) is 20.7. The van der Waals surface area contributed by atoms with Gasteiger partial charge in [0.05, 0.1) is 18.5 Å². The number of ether oxygens (including phenoxy) is 4. The number of benzene rings is 2. The van der Waals surface area contributed by atoms with Crippen LogP contribution in [0.3, 0.4) is 0 Å². The highest BCUT2D eigenvalue weighted by Crippen LogP contribution is 2.38. The Morgan fingerprint density at radius 3 is 2.40 bits per heavy atom. The number of aldehydes is 1. The lowest BCUT2D eigenvalue weighted by Gasteiger charge is -2.26. The Morgan fingerprint density at radius 1 is 0.953 bits per heavy atom. The van der Waals surface area contributed by atoms with Crippen molar-refractivity contribution in [2.24, 2.45) is 5.92 Å². The van der Waals surface area contributed by atoms with Gasteiger partial charge in [-0.05, 0) is 54.3 Å². The fraction of sp³-hybridized carbons (Fsp3) is 0.323. The second-order valence-corrected chi connectivity index (χ2v) is 10.4. The van der Waals surface area contributed by atoms with E-state index in [2.05, 4.69) is 15.6 Å². The smallest absolute Gasteiger partial charge is 0.244 e. The van der Waals surface area contributed by atoms with Crippen molar-refractivity contribution < 1.29 is 43.5 Å². The molecule has 5 rings (SSSR count). The third kappa shape index (κ3) is 6.69. The van der Waals surface area contributed by atoms with E-state index in [1.807, 2.05) is 0 Å². The van der Waals surface area contributed by atoms with Gasteiger partial charge in [-0.1, -0.05) is 19.1 Å². The van der Waals surface area contributed by atoms with Gasteiger partial charge in [-0.25, -0.2) is 0 Å². The number of hydrogen-bond donors (Lipinski definition) is 5. The zero-order valence-electron chi connectivity index (χ0n) is 23.7. The fourth-order valence-corrected chi connectivity index (χ4v) is 5.10. The highest BCUT2D eigenvalue weighted by atomic mass is 16.7. The molecule has 3 heterocycles. The van der Waals surface area contributed by atoms with E-state index in [-0.39, 0.29) is 37.0 Å². The summed E-state index contributed by atoms with van der Waals surface area (Å²) < 4.78 is 22.1. The zero-order chi connectivity index (χ0) is 30.5. The van der Waals surface area contributed by atoms with Crippen molar-refractivity contribution in [1.29, 1.82) is 0 Å². The Labute approximate surface area is 247 Å². The van der Waals surface area contributed by atoms with Crippen LogP contribution in [0.2, 0.25) is 0 Å². The minimum Gasteiger partial charge on any atom is -0.494 e. The van der Waals surface area contributed by atoms with Crippen LogP contribution < -0.4 is 29.6 Å². The maximum Gasteiger partial charge on any atom is 0.244 e. The normalized spacial score (nSPS) is 15.5. The molecule has 0 aliphatic carbocycles. The van der Waals surface area contributed by atoms with Gasteiger partial charge < -0.3 is 44.6 Å². The first-order valence-corrected chi connectivity index (χ1v) is 13.8. The Bertz CT molecular complexity index is 1550. The highest BCUT2D eigenvalue weighted by molar-refractivity contribution is 5.92. The number of hydrogen-bond acceptors (Lipinski definition) is 9. The summed E-state index contributed by atoms with van der Waals surface area (Å²) in [5, 5.41) is 26.3. The monoisotopic (exact) mass is 591 g/mol. The van der Waals surface area contributed by atoms with Gasteiger partial charge in [-0.3, -0.25) is 14.6 Å². The van der Waals surface area contributed by atoms with E-state index < -0.39 is 29.8 Å². The standard InChI is InChI=1S/C31H33N3O9/c1-17(9-10-35)29(28-18(2)30(38)34-31(28)39)33-27(37)15-21(20-5-7-22-25(14-20)41-12-11-40-22)32-26(36)8-4-19-3-6-23-24(13-19)43-16-42-23/h3-8,10,13-14,17,21,29,34,38-39H,9,11-12,15-16H2,1-2H3,(H,32,36)(H,33,37)/t17?,21?,29-/m0/s1. The molecule has 3 aromatic rings. The maximum atomic E-state index is 13.5. The van der Waals surface area contributed by atoms with Gasteiger partial charge in [0.15, 0.2) is 34.8 Å². The van der Waals surface area contributed by atoms with Crippen LogP contribution in [0.15, 0.2) is 42.5 Å². The summed E-state index contributed by atoms with van der Waals surface area (Å²) in [6.07, 6.45) is 3.64. The summed E-state index contributed by atoms with van der Waals surface area (Å²) in [4.78, 5) is 40.4. The second-order valence-electron chi connectivity index (χ2n) is 10.4. The van der Waals surface area contributed by atoms with Crippen LogP contribution in [0.1, 0.15) is 54.1 Å². The molecule has 5 N–H and O–H groups in total.